The summed E-state index contributed by atoms with van der Waals surface area (Å²) in [5.74, 6) is -0.829. The van der Waals surface area contributed by atoms with E-state index >= 15 is 0 Å². The molecule has 0 unspecified atom stereocenters. The molecule has 4 heteroatoms. The number of phenolic OH excluding ortho intramolecular Hbond substituents is 1. The van der Waals surface area contributed by atoms with Crippen LogP contribution in [0, 0.1) is 5.82 Å². The van der Waals surface area contributed by atoms with Crippen LogP contribution in [0.1, 0.15) is 25.8 Å². The summed E-state index contributed by atoms with van der Waals surface area (Å²) in [4.78, 5) is 0. The van der Waals surface area contributed by atoms with Crippen LogP contribution >= 0.6 is 0 Å². The molecule has 1 aromatic rings. The molecule has 0 aliphatic carbocycles. The molecule has 98 valence electrons. The maximum atomic E-state index is 13.0. The summed E-state index contributed by atoms with van der Waals surface area (Å²) in [7, 11) is 0. The third-order valence-electron chi connectivity index (χ3n) is 2.75. The molecule has 1 N–H and O–H groups in total. The van der Waals surface area contributed by atoms with Gasteiger partial charge in [-0.25, -0.2) is 4.39 Å². The van der Waals surface area contributed by atoms with Crippen molar-refractivity contribution in [2.75, 3.05) is 6.61 Å². The molecule has 0 saturated carbocycles. The minimum atomic E-state index is -0.528. The SMILES string of the molecule is CC1(C)OC[C@@H](C/C=C/c2cc(F)ccc2O)O1. The van der Waals surface area contributed by atoms with Crippen LogP contribution in [0.15, 0.2) is 24.3 Å². The molecule has 1 saturated heterocycles. The topological polar surface area (TPSA) is 38.7 Å². The van der Waals surface area contributed by atoms with E-state index in [1.165, 1.54) is 18.2 Å². The van der Waals surface area contributed by atoms with E-state index in [1.54, 1.807) is 6.08 Å². The largest absolute Gasteiger partial charge is 0.507 e. The van der Waals surface area contributed by atoms with Crippen LogP contribution < -0.4 is 0 Å². The average molecular weight is 252 g/mol. The highest BCUT2D eigenvalue weighted by Gasteiger charge is 2.31. The second-order valence-corrected chi connectivity index (χ2v) is 4.79. The molecule has 0 spiro atoms. The molecule has 3 nitrogen and oxygen atoms in total. The molecule has 2 rings (SSSR count). The first-order chi connectivity index (χ1) is 8.46. The van der Waals surface area contributed by atoms with Crippen molar-refractivity contribution in [3.63, 3.8) is 0 Å². The van der Waals surface area contributed by atoms with Gasteiger partial charge in [0, 0.05) is 5.56 Å². The van der Waals surface area contributed by atoms with Crippen molar-refractivity contribution in [1.29, 1.82) is 0 Å². The molecule has 0 aromatic heterocycles. The van der Waals surface area contributed by atoms with Gasteiger partial charge in [0.1, 0.15) is 11.6 Å². The van der Waals surface area contributed by atoms with Crippen molar-refractivity contribution >= 4 is 6.08 Å². The van der Waals surface area contributed by atoms with Crippen LogP contribution in [0.3, 0.4) is 0 Å². The first-order valence-electron chi connectivity index (χ1n) is 5.93. The van der Waals surface area contributed by atoms with Gasteiger partial charge in [0.05, 0.1) is 12.7 Å². The van der Waals surface area contributed by atoms with Crippen molar-refractivity contribution < 1.29 is 19.0 Å². The number of halogens is 1. The van der Waals surface area contributed by atoms with Gasteiger partial charge in [-0.1, -0.05) is 12.2 Å². The lowest BCUT2D eigenvalue weighted by molar-refractivity contribution is -0.137. The zero-order valence-electron chi connectivity index (χ0n) is 10.5. The Morgan fingerprint density at radius 2 is 2.28 bits per heavy atom. The highest BCUT2D eigenvalue weighted by atomic mass is 19.1. The predicted molar refractivity (Wildman–Crippen MR) is 66.6 cm³/mol. The molecular weight excluding hydrogens is 235 g/mol. The summed E-state index contributed by atoms with van der Waals surface area (Å²) in [6, 6.07) is 3.86. The third-order valence-corrected chi connectivity index (χ3v) is 2.75. The van der Waals surface area contributed by atoms with Crippen LogP contribution in [-0.4, -0.2) is 23.6 Å². The van der Waals surface area contributed by atoms with E-state index in [-0.39, 0.29) is 17.7 Å². The van der Waals surface area contributed by atoms with Crippen molar-refractivity contribution in [3.05, 3.63) is 35.7 Å². The van der Waals surface area contributed by atoms with Crippen molar-refractivity contribution in [2.45, 2.75) is 32.2 Å². The summed E-state index contributed by atoms with van der Waals surface area (Å²) in [6.07, 6.45) is 4.21. The monoisotopic (exact) mass is 252 g/mol. The van der Waals surface area contributed by atoms with Gasteiger partial charge >= 0.3 is 0 Å². The highest BCUT2D eigenvalue weighted by molar-refractivity contribution is 5.56. The maximum absolute atomic E-state index is 13.0. The van der Waals surface area contributed by atoms with Crippen molar-refractivity contribution in [3.8, 4) is 5.75 Å². The Hall–Kier alpha value is -1.39. The van der Waals surface area contributed by atoms with Gasteiger partial charge < -0.3 is 14.6 Å². The lowest BCUT2D eigenvalue weighted by atomic mass is 10.1. The summed E-state index contributed by atoms with van der Waals surface area (Å²) in [5, 5.41) is 9.54. The van der Waals surface area contributed by atoms with E-state index in [9.17, 15) is 9.50 Å². The summed E-state index contributed by atoms with van der Waals surface area (Å²) in [6.45, 7) is 4.29. The van der Waals surface area contributed by atoms with E-state index in [0.717, 1.165) is 0 Å². The zero-order valence-corrected chi connectivity index (χ0v) is 10.5. The number of aromatic hydroxyl groups is 1. The zero-order chi connectivity index (χ0) is 13.2. The van der Waals surface area contributed by atoms with E-state index in [0.29, 0.717) is 18.6 Å². The van der Waals surface area contributed by atoms with E-state index in [1.807, 2.05) is 19.9 Å². The molecule has 0 radical (unpaired) electrons. The quantitative estimate of drug-likeness (QED) is 0.898. The van der Waals surface area contributed by atoms with Crippen molar-refractivity contribution in [1.82, 2.24) is 0 Å². The maximum Gasteiger partial charge on any atom is 0.163 e. The van der Waals surface area contributed by atoms with Gasteiger partial charge in [0.2, 0.25) is 0 Å². The average Bonchev–Trinajstić information content (AvgIpc) is 2.63. The first kappa shape index (κ1) is 13.1. The Morgan fingerprint density at radius 3 is 2.94 bits per heavy atom. The number of rotatable bonds is 3. The van der Waals surface area contributed by atoms with Crippen LogP contribution in [0.5, 0.6) is 5.75 Å². The highest BCUT2D eigenvalue weighted by Crippen LogP contribution is 2.25. The molecule has 1 aliphatic heterocycles. The fraction of sp³-hybridized carbons (Fsp3) is 0.429. The van der Waals surface area contributed by atoms with Crippen LogP contribution in [0.25, 0.3) is 6.08 Å². The first-order valence-corrected chi connectivity index (χ1v) is 5.93. The summed E-state index contributed by atoms with van der Waals surface area (Å²) in [5.41, 5.74) is 0.466. The Bertz CT molecular complexity index is 454. The molecule has 18 heavy (non-hydrogen) atoms. The lowest BCUT2D eigenvalue weighted by Crippen LogP contribution is -2.21. The fourth-order valence-electron chi connectivity index (χ4n) is 1.88. The molecule has 1 heterocycles. The minimum Gasteiger partial charge on any atom is -0.507 e. The van der Waals surface area contributed by atoms with Gasteiger partial charge in [0.15, 0.2) is 5.79 Å². The molecule has 1 atom stereocenters. The predicted octanol–water partition coefficient (Wildman–Crippen LogP) is 3.09. The second-order valence-electron chi connectivity index (χ2n) is 4.79. The molecule has 0 bridgehead atoms. The Balaban J connectivity index is 1.94. The van der Waals surface area contributed by atoms with Gasteiger partial charge in [-0.15, -0.1) is 0 Å². The second kappa shape index (κ2) is 5.08. The number of phenols is 1. The molecule has 1 fully saturated rings. The third kappa shape index (κ3) is 3.31. The Labute approximate surface area is 106 Å². The van der Waals surface area contributed by atoms with Gasteiger partial charge in [-0.2, -0.15) is 0 Å². The van der Waals surface area contributed by atoms with Crippen LogP contribution in [-0.2, 0) is 9.47 Å². The van der Waals surface area contributed by atoms with E-state index in [2.05, 4.69) is 0 Å². The van der Waals surface area contributed by atoms with E-state index in [4.69, 9.17) is 9.47 Å². The standard InChI is InChI=1S/C14H17FO3/c1-14(2)17-9-12(18-14)5-3-4-10-8-11(15)6-7-13(10)16/h3-4,6-8,12,16H,5,9H2,1-2H3/b4-3+/t12-/m1/s1. The van der Waals surface area contributed by atoms with Crippen molar-refractivity contribution in [2.24, 2.45) is 0 Å². The summed E-state index contributed by atoms with van der Waals surface area (Å²) < 4.78 is 24.1. The fourth-order valence-corrected chi connectivity index (χ4v) is 1.88. The molecule has 0 amide bonds. The Morgan fingerprint density at radius 1 is 1.50 bits per heavy atom. The van der Waals surface area contributed by atoms with Crippen LogP contribution in [0.2, 0.25) is 0 Å². The molecular formula is C14H17FO3. The lowest BCUT2D eigenvalue weighted by Gasteiger charge is -2.16. The normalized spacial score (nSPS) is 22.7. The number of hydrogen-bond acceptors (Lipinski definition) is 3. The smallest absolute Gasteiger partial charge is 0.163 e. The minimum absolute atomic E-state index is 0.00644. The Kier molecular flexibility index (Phi) is 3.68. The van der Waals surface area contributed by atoms with E-state index < -0.39 is 5.79 Å². The summed E-state index contributed by atoms with van der Waals surface area (Å²) >= 11 is 0. The van der Waals surface area contributed by atoms with Crippen LogP contribution in [0.4, 0.5) is 4.39 Å². The number of hydrogen-bond donors (Lipinski definition) is 1. The van der Waals surface area contributed by atoms with Gasteiger partial charge in [-0.3, -0.25) is 0 Å². The number of ether oxygens (including phenoxy) is 2. The molecule has 1 aromatic carbocycles. The van der Waals surface area contributed by atoms with Gasteiger partial charge in [-0.05, 0) is 38.5 Å². The van der Waals surface area contributed by atoms with Gasteiger partial charge in [0.25, 0.3) is 0 Å². The number of benzene rings is 1. The molecule has 1 aliphatic rings.